The largest absolute Gasteiger partial charge is 0.497 e. The van der Waals surface area contributed by atoms with E-state index in [0.29, 0.717) is 33.0 Å². The summed E-state index contributed by atoms with van der Waals surface area (Å²) in [5.74, 6) is 0.943. The molecule has 0 radical (unpaired) electrons. The lowest BCUT2D eigenvalue weighted by Crippen LogP contribution is -2.25. The molecule has 2 aromatic heterocycles. The third-order valence-corrected chi connectivity index (χ3v) is 6.07. The van der Waals surface area contributed by atoms with Gasteiger partial charge in [0.1, 0.15) is 21.3 Å². The van der Waals surface area contributed by atoms with Crippen molar-refractivity contribution in [3.63, 3.8) is 0 Å². The summed E-state index contributed by atoms with van der Waals surface area (Å²) in [5.41, 5.74) is 1.47. The molecule has 1 atom stereocenters. The summed E-state index contributed by atoms with van der Waals surface area (Å²) in [6, 6.07) is 7.73. The number of rotatable bonds is 7. The highest BCUT2D eigenvalue weighted by molar-refractivity contribution is 7.20. The van der Waals surface area contributed by atoms with Crippen LogP contribution in [0.4, 0.5) is 0 Å². The Labute approximate surface area is 173 Å². The Kier molecular flexibility index (Phi) is 6.34. The Bertz CT molecular complexity index is 1090. The lowest BCUT2D eigenvalue weighted by molar-refractivity contribution is 0.0531. The molecule has 0 aliphatic rings. The summed E-state index contributed by atoms with van der Waals surface area (Å²) in [7, 11) is 3.61. The Morgan fingerprint density at radius 3 is 2.83 bits per heavy atom. The number of carbonyl (C=O) groups excluding carboxylic acids is 1. The number of nitrogens with zero attached hydrogens (tertiary/aromatic N) is 2. The minimum absolute atomic E-state index is 0.133. The molecule has 0 saturated heterocycles. The van der Waals surface area contributed by atoms with Crippen molar-refractivity contribution in [2.75, 3.05) is 20.8 Å². The van der Waals surface area contributed by atoms with Crippen LogP contribution >= 0.6 is 11.3 Å². The molecule has 2 heterocycles. The minimum Gasteiger partial charge on any atom is -0.497 e. The van der Waals surface area contributed by atoms with Crippen molar-refractivity contribution in [2.45, 2.75) is 33.4 Å². The first-order valence-corrected chi connectivity index (χ1v) is 10.2. The second-order valence-corrected chi connectivity index (χ2v) is 7.85. The maximum absolute atomic E-state index is 12.7. The predicted molar refractivity (Wildman–Crippen MR) is 114 cm³/mol. The van der Waals surface area contributed by atoms with Crippen molar-refractivity contribution < 1.29 is 14.3 Å². The highest BCUT2D eigenvalue weighted by Crippen LogP contribution is 2.29. The number of nitrogens with one attached hydrogen (secondary N) is 1. The standard InChI is InChI=1S/C21H25N3O4S/c1-6-28-21(26)17-12(2)16-19(25)22-18(23-20(16)29-17)13(3)24(4)11-14-8-7-9-15(10-14)27-5/h7-10,13H,6,11H2,1-5H3,(H,22,23,25)/t13-/m1/s1. The van der Waals surface area contributed by atoms with Crippen LogP contribution in [-0.2, 0) is 11.3 Å². The fourth-order valence-corrected chi connectivity index (χ4v) is 4.24. The van der Waals surface area contributed by atoms with E-state index in [1.165, 1.54) is 11.3 Å². The van der Waals surface area contributed by atoms with Crippen LogP contribution in [0, 0.1) is 6.92 Å². The van der Waals surface area contributed by atoms with E-state index in [4.69, 9.17) is 9.47 Å². The van der Waals surface area contributed by atoms with Gasteiger partial charge in [-0.1, -0.05) is 12.1 Å². The first kappa shape index (κ1) is 21.0. The molecule has 0 saturated carbocycles. The summed E-state index contributed by atoms with van der Waals surface area (Å²) < 4.78 is 10.4. The van der Waals surface area contributed by atoms with E-state index in [1.54, 1.807) is 21.0 Å². The topological polar surface area (TPSA) is 84.5 Å². The Morgan fingerprint density at radius 1 is 1.38 bits per heavy atom. The quantitative estimate of drug-likeness (QED) is 0.593. The molecule has 8 heteroatoms. The number of hydrogen-bond donors (Lipinski definition) is 1. The van der Waals surface area contributed by atoms with Gasteiger partial charge in [0.25, 0.3) is 5.56 Å². The van der Waals surface area contributed by atoms with Crippen molar-refractivity contribution in [1.29, 1.82) is 0 Å². The van der Waals surface area contributed by atoms with Gasteiger partial charge in [-0.15, -0.1) is 11.3 Å². The van der Waals surface area contributed by atoms with Crippen LogP contribution in [0.2, 0.25) is 0 Å². The third-order valence-electron chi connectivity index (χ3n) is 4.90. The fraction of sp³-hybridized carbons (Fsp3) is 0.381. The first-order valence-electron chi connectivity index (χ1n) is 9.39. The molecule has 29 heavy (non-hydrogen) atoms. The summed E-state index contributed by atoms with van der Waals surface area (Å²) in [4.78, 5) is 35.5. The smallest absolute Gasteiger partial charge is 0.348 e. The van der Waals surface area contributed by atoms with Gasteiger partial charge in [-0.05, 0) is 51.1 Å². The lowest BCUT2D eigenvalue weighted by Gasteiger charge is -2.24. The predicted octanol–water partition coefficient (Wildman–Crippen LogP) is 3.67. The SMILES string of the molecule is CCOC(=O)c1sc2nc([C@@H](C)N(C)Cc3cccc(OC)c3)[nH]c(=O)c2c1C. The lowest BCUT2D eigenvalue weighted by atomic mass is 10.1. The molecule has 3 rings (SSSR count). The van der Waals surface area contributed by atoms with E-state index in [-0.39, 0.29) is 18.2 Å². The average molecular weight is 416 g/mol. The summed E-state index contributed by atoms with van der Waals surface area (Å²) >= 11 is 1.20. The molecule has 0 unspecified atom stereocenters. The van der Waals surface area contributed by atoms with Crippen LogP contribution in [0.1, 0.15) is 46.5 Å². The van der Waals surface area contributed by atoms with Gasteiger partial charge in [0, 0.05) is 6.54 Å². The Hall–Kier alpha value is -2.71. The van der Waals surface area contributed by atoms with E-state index in [0.717, 1.165) is 11.3 Å². The molecule has 0 spiro atoms. The second-order valence-electron chi connectivity index (χ2n) is 6.85. The van der Waals surface area contributed by atoms with E-state index in [2.05, 4.69) is 14.9 Å². The Morgan fingerprint density at radius 2 is 2.14 bits per heavy atom. The van der Waals surface area contributed by atoms with Gasteiger partial charge in [-0.25, -0.2) is 9.78 Å². The molecule has 1 N–H and O–H groups in total. The van der Waals surface area contributed by atoms with Gasteiger partial charge < -0.3 is 14.5 Å². The molecule has 0 aliphatic carbocycles. The van der Waals surface area contributed by atoms with Crippen molar-refractivity contribution >= 4 is 27.5 Å². The van der Waals surface area contributed by atoms with Crippen molar-refractivity contribution in [3.8, 4) is 5.75 Å². The molecule has 0 aliphatic heterocycles. The summed E-state index contributed by atoms with van der Waals surface area (Å²) in [5, 5.41) is 0.449. The van der Waals surface area contributed by atoms with Crippen LogP contribution in [0.25, 0.3) is 10.2 Å². The molecular weight excluding hydrogens is 390 g/mol. The van der Waals surface area contributed by atoms with Crippen LogP contribution in [0.3, 0.4) is 0 Å². The van der Waals surface area contributed by atoms with Crippen molar-refractivity contribution in [3.05, 3.63) is 56.4 Å². The van der Waals surface area contributed by atoms with Crippen LogP contribution in [-0.4, -0.2) is 41.6 Å². The zero-order valence-corrected chi connectivity index (χ0v) is 18.1. The molecule has 154 valence electrons. The zero-order valence-electron chi connectivity index (χ0n) is 17.2. The van der Waals surface area contributed by atoms with Crippen LogP contribution in [0.15, 0.2) is 29.1 Å². The number of benzene rings is 1. The molecular formula is C21H25N3O4S. The number of methoxy groups -OCH3 is 1. The fourth-order valence-electron chi connectivity index (χ4n) is 3.15. The van der Waals surface area contributed by atoms with E-state index >= 15 is 0 Å². The van der Waals surface area contributed by atoms with Gasteiger partial charge in [-0.2, -0.15) is 0 Å². The number of fused-ring (bicyclic) bond motifs is 1. The summed E-state index contributed by atoms with van der Waals surface area (Å²) in [6.07, 6.45) is 0. The molecule has 7 nitrogen and oxygen atoms in total. The van der Waals surface area contributed by atoms with Gasteiger partial charge in [0.2, 0.25) is 0 Å². The number of hydrogen-bond acceptors (Lipinski definition) is 7. The number of aromatic nitrogens is 2. The number of thiophene rings is 1. The zero-order chi connectivity index (χ0) is 21.1. The minimum atomic E-state index is -0.419. The molecule has 3 aromatic rings. The van der Waals surface area contributed by atoms with Crippen LogP contribution in [0.5, 0.6) is 5.75 Å². The van der Waals surface area contributed by atoms with Gasteiger partial charge in [0.15, 0.2) is 0 Å². The highest BCUT2D eigenvalue weighted by Gasteiger charge is 2.22. The number of H-pyrrole nitrogens is 1. The summed E-state index contributed by atoms with van der Waals surface area (Å²) in [6.45, 7) is 6.44. The number of aromatic amines is 1. The number of ether oxygens (including phenoxy) is 2. The monoisotopic (exact) mass is 415 g/mol. The second kappa shape index (κ2) is 8.75. The van der Waals surface area contributed by atoms with E-state index in [1.807, 2.05) is 38.2 Å². The van der Waals surface area contributed by atoms with Crippen molar-refractivity contribution in [1.82, 2.24) is 14.9 Å². The van der Waals surface area contributed by atoms with Crippen molar-refractivity contribution in [2.24, 2.45) is 0 Å². The Balaban J connectivity index is 1.90. The normalized spacial score (nSPS) is 12.3. The molecule has 0 fully saturated rings. The molecule has 0 bridgehead atoms. The van der Waals surface area contributed by atoms with Gasteiger partial charge in [-0.3, -0.25) is 9.69 Å². The van der Waals surface area contributed by atoms with E-state index < -0.39 is 5.97 Å². The third kappa shape index (κ3) is 4.33. The number of carbonyl (C=O) groups is 1. The van der Waals surface area contributed by atoms with Gasteiger partial charge >= 0.3 is 5.97 Å². The van der Waals surface area contributed by atoms with Crippen LogP contribution < -0.4 is 10.3 Å². The molecule has 1 aromatic carbocycles. The van der Waals surface area contributed by atoms with E-state index in [9.17, 15) is 9.59 Å². The highest BCUT2D eigenvalue weighted by atomic mass is 32.1. The first-order chi connectivity index (χ1) is 13.8. The number of esters is 1. The maximum atomic E-state index is 12.7. The molecule has 0 amide bonds. The maximum Gasteiger partial charge on any atom is 0.348 e. The average Bonchev–Trinajstić information content (AvgIpc) is 3.04. The van der Waals surface area contributed by atoms with Gasteiger partial charge in [0.05, 0.1) is 25.1 Å². The number of aryl methyl sites for hydroxylation is 1.